The summed E-state index contributed by atoms with van der Waals surface area (Å²) < 4.78 is 0. The molecule has 4 nitrogen and oxygen atoms in total. The van der Waals surface area contributed by atoms with E-state index in [1.165, 1.54) is 0 Å². The smallest absolute Gasteiger partial charge is 0.0978 e. The molecule has 4 heteroatoms. The Hall–Kier alpha value is -1.26. The van der Waals surface area contributed by atoms with Gasteiger partial charge in [-0.1, -0.05) is 13.8 Å². The number of nitrogens with one attached hydrogen (secondary N) is 1. The Morgan fingerprint density at radius 2 is 1.62 bits per heavy atom. The molecule has 0 fully saturated rings. The van der Waals surface area contributed by atoms with Crippen molar-refractivity contribution in [2.75, 3.05) is 17.1 Å². The molecule has 1 rings (SSSR count). The van der Waals surface area contributed by atoms with E-state index in [-0.39, 0.29) is 12.2 Å². The summed E-state index contributed by atoms with van der Waals surface area (Å²) in [5, 5.41) is 4.91. The average molecular weight is 294 g/mol. The fraction of sp³-hybridized carbons (Fsp3) is 0.647. The minimum Gasteiger partial charge on any atom is -0.385 e. The highest BCUT2D eigenvalue weighted by molar-refractivity contribution is 5.58. The van der Waals surface area contributed by atoms with Crippen LogP contribution in [0.3, 0.4) is 0 Å². The highest BCUT2D eigenvalue weighted by atomic mass is 17.0. The van der Waals surface area contributed by atoms with Crippen molar-refractivity contribution in [3.63, 3.8) is 0 Å². The molecule has 0 aromatic heterocycles. The van der Waals surface area contributed by atoms with Gasteiger partial charge in [-0.05, 0) is 64.3 Å². The van der Waals surface area contributed by atoms with Gasteiger partial charge in [0.15, 0.2) is 0 Å². The van der Waals surface area contributed by atoms with Crippen LogP contribution in [0.4, 0.5) is 11.4 Å². The van der Waals surface area contributed by atoms with Crippen molar-refractivity contribution >= 4 is 11.4 Å². The minimum absolute atomic E-state index is 0.113. The molecule has 0 saturated heterocycles. The van der Waals surface area contributed by atoms with Gasteiger partial charge in [0.2, 0.25) is 0 Å². The van der Waals surface area contributed by atoms with Gasteiger partial charge in [0.05, 0.1) is 17.9 Å². The third kappa shape index (κ3) is 5.56. The number of nitrogens with zero attached hydrogens (tertiary/aromatic N) is 1. The van der Waals surface area contributed by atoms with Crippen LogP contribution >= 0.6 is 0 Å². The van der Waals surface area contributed by atoms with Gasteiger partial charge in [0, 0.05) is 12.2 Å². The van der Waals surface area contributed by atoms with E-state index in [0.29, 0.717) is 0 Å². The molecule has 0 heterocycles. The first-order chi connectivity index (χ1) is 10.0. The molecular weight excluding hydrogens is 264 g/mol. The van der Waals surface area contributed by atoms with E-state index in [1.807, 2.05) is 6.07 Å². The Balaban J connectivity index is 2.95. The van der Waals surface area contributed by atoms with Gasteiger partial charge >= 0.3 is 0 Å². The van der Waals surface area contributed by atoms with Crippen molar-refractivity contribution in [3.05, 3.63) is 23.8 Å². The molecule has 0 spiro atoms. The Bertz CT molecular complexity index is 411. The first-order valence-electron chi connectivity index (χ1n) is 7.99. The van der Waals surface area contributed by atoms with Gasteiger partial charge < -0.3 is 5.32 Å². The summed E-state index contributed by atoms with van der Waals surface area (Å²) in [5.41, 5.74) is 3.20. The van der Waals surface area contributed by atoms with Crippen molar-refractivity contribution in [3.8, 4) is 0 Å². The molecule has 0 bridgehead atoms. The van der Waals surface area contributed by atoms with Crippen LogP contribution in [0, 0.1) is 6.92 Å². The van der Waals surface area contributed by atoms with Crippen molar-refractivity contribution in [2.45, 2.75) is 66.6 Å². The molecule has 0 aliphatic rings. The predicted octanol–water partition coefficient (Wildman–Crippen LogP) is 4.69. The molecule has 2 atom stereocenters. The van der Waals surface area contributed by atoms with Gasteiger partial charge in [-0.3, -0.25) is 0 Å². The Morgan fingerprint density at radius 1 is 1.05 bits per heavy atom. The van der Waals surface area contributed by atoms with Crippen LogP contribution < -0.4 is 10.5 Å². The van der Waals surface area contributed by atoms with E-state index in [4.69, 9.17) is 9.68 Å². The first-order valence-corrected chi connectivity index (χ1v) is 7.99. The second-order valence-corrected chi connectivity index (χ2v) is 5.44. The maximum atomic E-state index is 5.93. The summed E-state index contributed by atoms with van der Waals surface area (Å²) in [6.07, 6.45) is 2.10. The van der Waals surface area contributed by atoms with Crippen molar-refractivity contribution in [2.24, 2.45) is 0 Å². The zero-order valence-corrected chi connectivity index (χ0v) is 14.3. The summed E-state index contributed by atoms with van der Waals surface area (Å²) in [7, 11) is 0. The summed E-state index contributed by atoms with van der Waals surface area (Å²) >= 11 is 0. The summed E-state index contributed by atoms with van der Waals surface area (Å²) in [6, 6.07) is 6.21. The molecule has 1 aromatic rings. The molecule has 21 heavy (non-hydrogen) atoms. The topological polar surface area (TPSA) is 33.7 Å². The molecule has 0 aliphatic carbocycles. The van der Waals surface area contributed by atoms with Gasteiger partial charge in [-0.2, -0.15) is 0 Å². The van der Waals surface area contributed by atoms with Gasteiger partial charge in [0.25, 0.3) is 0 Å². The molecule has 2 unspecified atom stereocenters. The second-order valence-electron chi connectivity index (χ2n) is 5.44. The fourth-order valence-electron chi connectivity index (χ4n) is 1.79. The lowest BCUT2D eigenvalue weighted by atomic mass is 10.2. The second kappa shape index (κ2) is 8.90. The van der Waals surface area contributed by atoms with Crippen molar-refractivity contribution in [1.82, 2.24) is 0 Å². The zero-order chi connectivity index (χ0) is 15.8. The van der Waals surface area contributed by atoms with Gasteiger partial charge in [0.1, 0.15) is 0 Å². The third-order valence-corrected chi connectivity index (χ3v) is 3.48. The van der Waals surface area contributed by atoms with Gasteiger partial charge in [-0.15, -0.1) is 5.23 Å². The van der Waals surface area contributed by atoms with Crippen LogP contribution in [0.25, 0.3) is 0 Å². The quantitative estimate of drug-likeness (QED) is 0.670. The largest absolute Gasteiger partial charge is 0.385 e. The van der Waals surface area contributed by atoms with E-state index in [2.05, 4.69) is 59.0 Å². The monoisotopic (exact) mass is 294 g/mol. The van der Waals surface area contributed by atoms with E-state index in [9.17, 15) is 0 Å². The zero-order valence-electron chi connectivity index (χ0n) is 14.3. The van der Waals surface area contributed by atoms with Crippen LogP contribution in [-0.4, -0.2) is 18.8 Å². The summed E-state index contributed by atoms with van der Waals surface area (Å²) in [5.74, 6) is 0. The lowest BCUT2D eigenvalue weighted by Gasteiger charge is -2.29. The summed E-state index contributed by atoms with van der Waals surface area (Å²) in [6.45, 7) is 13.4. The summed E-state index contributed by atoms with van der Waals surface area (Å²) in [4.78, 5) is 11.9. The van der Waals surface area contributed by atoms with E-state index in [0.717, 1.165) is 36.3 Å². The van der Waals surface area contributed by atoms with Crippen LogP contribution in [0.15, 0.2) is 18.2 Å². The number of benzene rings is 1. The van der Waals surface area contributed by atoms with Crippen LogP contribution in [0.1, 0.15) is 53.0 Å². The highest BCUT2D eigenvalue weighted by Crippen LogP contribution is 2.26. The lowest BCUT2D eigenvalue weighted by Crippen LogP contribution is -2.32. The standard InChI is InChI=1S/C17H30N2O2/c1-7-14(5)20-19(21-15(6)8-2)17-11-10-16(18-9-3)12-13(17)4/h10-12,14-15,18H,7-9H2,1-6H3. The number of anilines is 2. The predicted molar refractivity (Wildman–Crippen MR) is 89.5 cm³/mol. The number of aryl methyl sites for hydroxylation is 1. The SMILES string of the molecule is CCNc1ccc(N(OC(C)CC)OC(C)CC)c(C)c1. The molecular formula is C17H30N2O2. The number of hydrogen-bond donors (Lipinski definition) is 1. The fourth-order valence-corrected chi connectivity index (χ4v) is 1.79. The van der Waals surface area contributed by atoms with Crippen molar-refractivity contribution < 1.29 is 9.68 Å². The van der Waals surface area contributed by atoms with E-state index in [1.54, 1.807) is 5.23 Å². The molecule has 0 radical (unpaired) electrons. The molecule has 0 amide bonds. The number of rotatable bonds is 9. The van der Waals surface area contributed by atoms with Crippen molar-refractivity contribution in [1.29, 1.82) is 0 Å². The molecule has 1 aromatic carbocycles. The van der Waals surface area contributed by atoms with Gasteiger partial charge in [-0.25, -0.2) is 9.68 Å². The Morgan fingerprint density at radius 3 is 2.05 bits per heavy atom. The molecule has 0 aliphatic heterocycles. The van der Waals surface area contributed by atoms with E-state index >= 15 is 0 Å². The normalized spacial score (nSPS) is 13.8. The molecule has 0 saturated carbocycles. The maximum Gasteiger partial charge on any atom is 0.0978 e. The first kappa shape index (κ1) is 17.8. The van der Waals surface area contributed by atoms with Crippen LogP contribution in [-0.2, 0) is 9.68 Å². The molecule has 120 valence electrons. The lowest BCUT2D eigenvalue weighted by molar-refractivity contribution is -0.142. The highest BCUT2D eigenvalue weighted by Gasteiger charge is 2.17. The number of hydrogen-bond acceptors (Lipinski definition) is 4. The average Bonchev–Trinajstić information content (AvgIpc) is 2.46. The Kier molecular flexibility index (Phi) is 7.54. The van der Waals surface area contributed by atoms with Crippen LogP contribution in [0.5, 0.6) is 0 Å². The minimum atomic E-state index is 0.113. The maximum absolute atomic E-state index is 5.93. The van der Waals surface area contributed by atoms with Crippen LogP contribution in [0.2, 0.25) is 0 Å². The molecule has 1 N–H and O–H groups in total. The van der Waals surface area contributed by atoms with E-state index < -0.39 is 0 Å². The Labute approximate surface area is 129 Å². The third-order valence-electron chi connectivity index (χ3n) is 3.48.